The number of fused-ring (bicyclic) bond motifs is 1. The lowest BCUT2D eigenvalue weighted by atomic mass is 10.1. The third kappa shape index (κ3) is 2.87. The first-order valence-corrected chi connectivity index (χ1v) is 7.89. The first-order valence-electron chi connectivity index (χ1n) is 7.89. The fourth-order valence-electron chi connectivity index (χ4n) is 2.92. The summed E-state index contributed by atoms with van der Waals surface area (Å²) in [5.74, 6) is 0.803. The minimum Gasteiger partial charge on any atom is -0.365 e. The number of nitrogens with one attached hydrogen (secondary N) is 2. The van der Waals surface area contributed by atoms with Crippen molar-refractivity contribution in [2.45, 2.75) is 25.8 Å². The number of hydrogen-bond acceptors (Lipinski definition) is 6. The fourth-order valence-corrected chi connectivity index (χ4v) is 2.92. The zero-order valence-corrected chi connectivity index (χ0v) is 13.0. The topological polar surface area (TPSA) is 80.0 Å². The number of aromatic nitrogens is 5. The fraction of sp³-hybridized carbons (Fsp3) is 0.375. The number of aryl methyl sites for hydroxylation is 1. The summed E-state index contributed by atoms with van der Waals surface area (Å²) in [7, 11) is 0. The molecule has 0 unspecified atom stereocenters. The SMILES string of the molecule is Cc1cn2c(-c3cncc(N[C@@H]4CCCNC4)n3)cnc2cn1. The second kappa shape index (κ2) is 5.92. The molecule has 7 heteroatoms. The van der Waals surface area contributed by atoms with E-state index in [4.69, 9.17) is 4.98 Å². The summed E-state index contributed by atoms with van der Waals surface area (Å²) in [5.41, 5.74) is 3.47. The minimum absolute atomic E-state index is 0.405. The van der Waals surface area contributed by atoms with Crippen molar-refractivity contribution in [2.75, 3.05) is 18.4 Å². The Morgan fingerprint density at radius 1 is 1.22 bits per heavy atom. The zero-order chi connectivity index (χ0) is 15.6. The van der Waals surface area contributed by atoms with Crippen LogP contribution in [0.25, 0.3) is 17.0 Å². The lowest BCUT2D eigenvalue weighted by Gasteiger charge is -2.24. The second-order valence-electron chi connectivity index (χ2n) is 5.88. The second-order valence-corrected chi connectivity index (χ2v) is 5.88. The molecule has 3 aromatic heterocycles. The highest BCUT2D eigenvalue weighted by Gasteiger charge is 2.14. The molecule has 118 valence electrons. The van der Waals surface area contributed by atoms with Crippen LogP contribution in [0.4, 0.5) is 5.82 Å². The molecule has 1 aliphatic heterocycles. The number of imidazole rings is 1. The van der Waals surface area contributed by atoms with Crippen molar-refractivity contribution in [3.05, 3.63) is 36.7 Å². The summed E-state index contributed by atoms with van der Waals surface area (Å²) < 4.78 is 2.00. The van der Waals surface area contributed by atoms with Crippen LogP contribution in [-0.2, 0) is 0 Å². The van der Waals surface area contributed by atoms with Gasteiger partial charge in [-0.2, -0.15) is 0 Å². The van der Waals surface area contributed by atoms with Crippen molar-refractivity contribution >= 4 is 11.5 Å². The van der Waals surface area contributed by atoms with Gasteiger partial charge in [-0.05, 0) is 26.3 Å². The molecule has 0 bridgehead atoms. The number of anilines is 1. The maximum atomic E-state index is 4.71. The molecule has 0 saturated carbocycles. The molecule has 1 aliphatic rings. The van der Waals surface area contributed by atoms with Gasteiger partial charge in [0.15, 0.2) is 5.65 Å². The Hall–Kier alpha value is -2.54. The molecule has 0 radical (unpaired) electrons. The van der Waals surface area contributed by atoms with Gasteiger partial charge in [0.05, 0.1) is 36.2 Å². The van der Waals surface area contributed by atoms with Crippen molar-refractivity contribution in [1.29, 1.82) is 0 Å². The molecule has 4 heterocycles. The van der Waals surface area contributed by atoms with Crippen LogP contribution in [0.1, 0.15) is 18.5 Å². The van der Waals surface area contributed by atoms with Gasteiger partial charge in [-0.3, -0.25) is 14.4 Å². The Balaban J connectivity index is 1.65. The molecule has 3 aromatic rings. The first-order chi connectivity index (χ1) is 11.3. The molecule has 0 spiro atoms. The Bertz CT molecular complexity index is 820. The van der Waals surface area contributed by atoms with Crippen LogP contribution >= 0.6 is 0 Å². The first kappa shape index (κ1) is 14.1. The van der Waals surface area contributed by atoms with E-state index in [1.165, 1.54) is 6.42 Å². The Morgan fingerprint density at radius 2 is 2.17 bits per heavy atom. The Kier molecular flexibility index (Phi) is 3.63. The lowest BCUT2D eigenvalue weighted by Crippen LogP contribution is -2.38. The summed E-state index contributed by atoms with van der Waals surface area (Å²) in [6.45, 7) is 4.02. The number of piperidine rings is 1. The van der Waals surface area contributed by atoms with Crippen molar-refractivity contribution in [2.24, 2.45) is 0 Å². The molecule has 1 fully saturated rings. The van der Waals surface area contributed by atoms with E-state index in [9.17, 15) is 0 Å². The van der Waals surface area contributed by atoms with E-state index in [-0.39, 0.29) is 0 Å². The third-order valence-electron chi connectivity index (χ3n) is 4.07. The summed E-state index contributed by atoms with van der Waals surface area (Å²) in [6.07, 6.45) is 11.4. The van der Waals surface area contributed by atoms with Crippen LogP contribution in [-0.4, -0.2) is 43.5 Å². The highest BCUT2D eigenvalue weighted by atomic mass is 15.1. The van der Waals surface area contributed by atoms with Crippen molar-refractivity contribution in [3.63, 3.8) is 0 Å². The van der Waals surface area contributed by atoms with Crippen molar-refractivity contribution in [1.82, 2.24) is 29.7 Å². The van der Waals surface area contributed by atoms with Crippen molar-refractivity contribution in [3.8, 4) is 11.4 Å². The van der Waals surface area contributed by atoms with E-state index in [2.05, 4.69) is 25.6 Å². The van der Waals surface area contributed by atoms with Gasteiger partial charge in [-0.25, -0.2) is 9.97 Å². The molecule has 23 heavy (non-hydrogen) atoms. The van der Waals surface area contributed by atoms with Gasteiger partial charge in [0.1, 0.15) is 11.5 Å². The van der Waals surface area contributed by atoms with Crippen LogP contribution in [0.5, 0.6) is 0 Å². The summed E-state index contributed by atoms with van der Waals surface area (Å²) >= 11 is 0. The van der Waals surface area contributed by atoms with Gasteiger partial charge in [0, 0.05) is 18.8 Å². The highest BCUT2D eigenvalue weighted by molar-refractivity contribution is 5.60. The van der Waals surface area contributed by atoms with Crippen LogP contribution in [0.15, 0.2) is 31.0 Å². The van der Waals surface area contributed by atoms with Crippen LogP contribution in [0.3, 0.4) is 0 Å². The smallest absolute Gasteiger partial charge is 0.155 e. The average molecular weight is 309 g/mol. The summed E-state index contributed by atoms with van der Waals surface area (Å²) in [6, 6.07) is 0.405. The van der Waals surface area contributed by atoms with E-state index in [0.29, 0.717) is 6.04 Å². The Morgan fingerprint density at radius 3 is 3.04 bits per heavy atom. The van der Waals surface area contributed by atoms with E-state index in [1.54, 1.807) is 18.6 Å². The molecule has 2 N–H and O–H groups in total. The standard InChI is InChI=1S/C16H19N7/c1-11-10-23-14(7-20-16(23)9-19-11)13-6-18-8-15(22-13)21-12-3-2-4-17-5-12/h6-10,12,17H,2-5H2,1H3,(H,21,22)/t12-/m1/s1. The monoisotopic (exact) mass is 309 g/mol. The summed E-state index contributed by atoms with van der Waals surface area (Å²) in [4.78, 5) is 17.7. The van der Waals surface area contributed by atoms with E-state index >= 15 is 0 Å². The van der Waals surface area contributed by atoms with Crippen LogP contribution in [0, 0.1) is 6.92 Å². The van der Waals surface area contributed by atoms with E-state index < -0.39 is 0 Å². The molecule has 1 saturated heterocycles. The zero-order valence-electron chi connectivity index (χ0n) is 13.0. The normalized spacial score (nSPS) is 18.2. The van der Waals surface area contributed by atoms with Gasteiger partial charge in [0.2, 0.25) is 0 Å². The van der Waals surface area contributed by atoms with Gasteiger partial charge < -0.3 is 10.6 Å². The predicted octanol–water partition coefficient (Wildman–Crippen LogP) is 1.66. The molecule has 7 nitrogen and oxygen atoms in total. The minimum atomic E-state index is 0.405. The largest absolute Gasteiger partial charge is 0.365 e. The molecule has 0 aliphatic carbocycles. The number of hydrogen-bond donors (Lipinski definition) is 2. The quantitative estimate of drug-likeness (QED) is 0.766. The number of rotatable bonds is 3. The molecule has 4 rings (SSSR count). The third-order valence-corrected chi connectivity index (χ3v) is 4.07. The van der Waals surface area contributed by atoms with Crippen LogP contribution in [0.2, 0.25) is 0 Å². The Labute approximate surface area is 134 Å². The molecular weight excluding hydrogens is 290 g/mol. The highest BCUT2D eigenvalue weighted by Crippen LogP contribution is 2.20. The van der Waals surface area contributed by atoms with E-state index in [1.807, 2.05) is 23.7 Å². The van der Waals surface area contributed by atoms with Gasteiger partial charge >= 0.3 is 0 Å². The van der Waals surface area contributed by atoms with Gasteiger partial charge in [0.25, 0.3) is 0 Å². The predicted molar refractivity (Wildman–Crippen MR) is 88.3 cm³/mol. The molecule has 0 aromatic carbocycles. The lowest BCUT2D eigenvalue weighted by molar-refractivity contribution is 0.479. The maximum absolute atomic E-state index is 4.71. The average Bonchev–Trinajstić information content (AvgIpc) is 2.99. The van der Waals surface area contributed by atoms with Crippen molar-refractivity contribution < 1.29 is 0 Å². The molecule has 1 atom stereocenters. The number of nitrogens with zero attached hydrogens (tertiary/aromatic N) is 5. The molecule has 0 amide bonds. The van der Waals surface area contributed by atoms with E-state index in [0.717, 1.165) is 48.1 Å². The molecular formula is C16H19N7. The van der Waals surface area contributed by atoms with Gasteiger partial charge in [-0.1, -0.05) is 0 Å². The van der Waals surface area contributed by atoms with Gasteiger partial charge in [-0.15, -0.1) is 0 Å². The summed E-state index contributed by atoms with van der Waals surface area (Å²) in [5, 5.41) is 6.86. The van der Waals surface area contributed by atoms with Crippen LogP contribution < -0.4 is 10.6 Å². The maximum Gasteiger partial charge on any atom is 0.155 e.